The van der Waals surface area contributed by atoms with Gasteiger partial charge in [-0.3, -0.25) is 0 Å². The van der Waals surface area contributed by atoms with Gasteiger partial charge in [-0.15, -0.1) is 0 Å². The predicted octanol–water partition coefficient (Wildman–Crippen LogP) is 2.95. The zero-order valence-electron chi connectivity index (χ0n) is 12.6. The van der Waals surface area contributed by atoms with Gasteiger partial charge in [0.25, 0.3) is 0 Å². The van der Waals surface area contributed by atoms with Crippen LogP contribution < -0.4 is 5.32 Å². The van der Waals surface area contributed by atoms with E-state index in [2.05, 4.69) is 43.4 Å². The Kier molecular flexibility index (Phi) is 2.94. The number of fused-ring (bicyclic) bond motifs is 1. The Balaban J connectivity index is 1.70. The normalized spacial score (nSPS) is 43.3. The minimum atomic E-state index is 0.0882. The number of ether oxygens (including phenoxy) is 1. The van der Waals surface area contributed by atoms with E-state index in [-0.39, 0.29) is 5.60 Å². The highest BCUT2D eigenvalue weighted by atomic mass is 16.5. The van der Waals surface area contributed by atoms with E-state index in [0.29, 0.717) is 24.0 Å². The van der Waals surface area contributed by atoms with Crippen molar-refractivity contribution in [2.45, 2.75) is 57.3 Å². The highest BCUT2D eigenvalue weighted by molar-refractivity contribution is 5.32. The molecular formula is C18H25NO. The third kappa shape index (κ3) is 1.78. The molecule has 4 unspecified atom stereocenters. The first-order chi connectivity index (χ1) is 9.69. The minimum Gasteiger partial charge on any atom is -0.369 e. The van der Waals surface area contributed by atoms with Crippen molar-refractivity contribution in [1.29, 1.82) is 0 Å². The molecule has 4 rings (SSSR count). The van der Waals surface area contributed by atoms with Crippen molar-refractivity contribution in [3.8, 4) is 0 Å². The number of rotatable bonds is 0. The highest BCUT2D eigenvalue weighted by Gasteiger charge is 2.54. The lowest BCUT2D eigenvalue weighted by Crippen LogP contribution is -2.61. The molecule has 1 aromatic carbocycles. The van der Waals surface area contributed by atoms with Crippen molar-refractivity contribution in [1.82, 2.24) is 5.32 Å². The van der Waals surface area contributed by atoms with Crippen molar-refractivity contribution in [2.24, 2.45) is 11.8 Å². The van der Waals surface area contributed by atoms with Gasteiger partial charge in [-0.05, 0) is 62.5 Å². The number of hydrogen-bond acceptors (Lipinski definition) is 2. The molecule has 2 bridgehead atoms. The predicted molar refractivity (Wildman–Crippen MR) is 80.8 cm³/mol. The van der Waals surface area contributed by atoms with Crippen molar-refractivity contribution < 1.29 is 4.74 Å². The monoisotopic (exact) mass is 271 g/mol. The lowest BCUT2D eigenvalue weighted by molar-refractivity contribution is -0.165. The first-order valence-corrected chi connectivity index (χ1v) is 8.17. The number of nitrogens with one attached hydrogen (secondary N) is 1. The van der Waals surface area contributed by atoms with Crippen LogP contribution in [-0.2, 0) is 17.6 Å². The Morgan fingerprint density at radius 1 is 1.05 bits per heavy atom. The second-order valence-corrected chi connectivity index (χ2v) is 7.10. The van der Waals surface area contributed by atoms with E-state index in [9.17, 15) is 0 Å². The molecule has 3 aliphatic rings. The number of benzene rings is 1. The molecule has 2 nitrogen and oxygen atoms in total. The van der Waals surface area contributed by atoms with Crippen LogP contribution in [0.15, 0.2) is 24.3 Å². The van der Waals surface area contributed by atoms with Crippen LogP contribution in [0, 0.1) is 11.8 Å². The molecular weight excluding hydrogens is 246 g/mol. The number of morpholine rings is 1. The summed E-state index contributed by atoms with van der Waals surface area (Å²) in [4.78, 5) is 0. The van der Waals surface area contributed by atoms with Gasteiger partial charge in [0.05, 0.1) is 11.7 Å². The fourth-order valence-electron chi connectivity index (χ4n) is 4.72. The van der Waals surface area contributed by atoms with Crippen LogP contribution in [0.25, 0.3) is 0 Å². The molecule has 2 fully saturated rings. The molecule has 1 saturated carbocycles. The topological polar surface area (TPSA) is 21.3 Å². The van der Waals surface area contributed by atoms with Crippen LogP contribution in [0.1, 0.15) is 37.8 Å². The Morgan fingerprint density at radius 3 is 2.20 bits per heavy atom. The van der Waals surface area contributed by atoms with Crippen molar-refractivity contribution in [3.05, 3.63) is 35.4 Å². The zero-order chi connectivity index (χ0) is 13.7. The molecule has 2 aliphatic carbocycles. The quantitative estimate of drug-likeness (QED) is 0.783. The molecule has 4 atom stereocenters. The summed E-state index contributed by atoms with van der Waals surface area (Å²) in [6.07, 6.45) is 5.40. The molecule has 1 aromatic rings. The van der Waals surface area contributed by atoms with Crippen molar-refractivity contribution in [2.75, 3.05) is 6.54 Å². The number of hydrogen-bond donors (Lipinski definition) is 1. The summed E-state index contributed by atoms with van der Waals surface area (Å²) in [7, 11) is 0. The second kappa shape index (κ2) is 4.57. The van der Waals surface area contributed by atoms with Gasteiger partial charge in [0.2, 0.25) is 0 Å². The van der Waals surface area contributed by atoms with Gasteiger partial charge in [0, 0.05) is 12.6 Å². The summed E-state index contributed by atoms with van der Waals surface area (Å²) in [5.41, 5.74) is 3.22. The van der Waals surface area contributed by atoms with Crippen LogP contribution in [-0.4, -0.2) is 24.3 Å². The molecule has 1 saturated heterocycles. The van der Waals surface area contributed by atoms with E-state index < -0.39 is 0 Å². The van der Waals surface area contributed by atoms with Gasteiger partial charge in [-0.2, -0.15) is 0 Å². The maximum absolute atomic E-state index is 6.66. The van der Waals surface area contributed by atoms with Crippen LogP contribution in [0.2, 0.25) is 0 Å². The summed E-state index contributed by atoms with van der Waals surface area (Å²) in [6.45, 7) is 5.52. The summed E-state index contributed by atoms with van der Waals surface area (Å²) >= 11 is 0. The lowest BCUT2D eigenvalue weighted by atomic mass is 9.80. The summed E-state index contributed by atoms with van der Waals surface area (Å²) in [5.74, 6) is 1.39. The smallest absolute Gasteiger partial charge is 0.0873 e. The minimum absolute atomic E-state index is 0.0882. The average Bonchev–Trinajstić information content (AvgIpc) is 2.66. The molecule has 1 spiro atoms. The standard InChI is InChI=1S/C18H25NO/c1-12-13(2)20-18(11-19-12)16-7-8-17(18)10-15-6-4-3-5-14(15)9-16/h3-6,12-13,16-17,19H,7-11H2,1-2H3. The lowest BCUT2D eigenvalue weighted by Gasteiger charge is -2.47. The van der Waals surface area contributed by atoms with E-state index in [1.807, 2.05) is 0 Å². The SMILES string of the molecule is CC1NCC2(OC1C)C1CCC2Cc2ccccc2C1. The van der Waals surface area contributed by atoms with Gasteiger partial charge in [0.1, 0.15) is 0 Å². The Bertz CT molecular complexity index is 479. The first-order valence-electron chi connectivity index (χ1n) is 8.17. The van der Waals surface area contributed by atoms with Crippen LogP contribution >= 0.6 is 0 Å². The second-order valence-electron chi connectivity index (χ2n) is 7.10. The van der Waals surface area contributed by atoms with Crippen LogP contribution in [0.5, 0.6) is 0 Å². The fraction of sp³-hybridized carbons (Fsp3) is 0.667. The van der Waals surface area contributed by atoms with E-state index in [0.717, 1.165) is 6.54 Å². The molecule has 0 radical (unpaired) electrons. The molecule has 2 heteroatoms. The summed E-state index contributed by atoms with van der Waals surface area (Å²) in [6, 6.07) is 9.51. The molecule has 20 heavy (non-hydrogen) atoms. The summed E-state index contributed by atoms with van der Waals surface area (Å²) in [5, 5.41) is 3.72. The van der Waals surface area contributed by atoms with Gasteiger partial charge >= 0.3 is 0 Å². The van der Waals surface area contributed by atoms with Gasteiger partial charge < -0.3 is 10.1 Å². The first kappa shape index (κ1) is 12.8. The fourth-order valence-corrected chi connectivity index (χ4v) is 4.72. The molecule has 0 amide bonds. The van der Waals surface area contributed by atoms with E-state index in [1.54, 1.807) is 11.1 Å². The Labute approximate surface area is 121 Å². The van der Waals surface area contributed by atoms with Crippen molar-refractivity contribution in [3.63, 3.8) is 0 Å². The van der Waals surface area contributed by atoms with E-state index in [4.69, 9.17) is 4.74 Å². The molecule has 1 heterocycles. The maximum atomic E-state index is 6.66. The zero-order valence-corrected chi connectivity index (χ0v) is 12.6. The van der Waals surface area contributed by atoms with Gasteiger partial charge in [0.15, 0.2) is 0 Å². The van der Waals surface area contributed by atoms with Crippen LogP contribution in [0.3, 0.4) is 0 Å². The molecule has 1 N–H and O–H groups in total. The third-order valence-corrected chi connectivity index (χ3v) is 6.11. The molecule has 108 valence electrons. The van der Waals surface area contributed by atoms with E-state index in [1.165, 1.54) is 25.7 Å². The Morgan fingerprint density at radius 2 is 1.65 bits per heavy atom. The molecule has 0 aromatic heterocycles. The van der Waals surface area contributed by atoms with Gasteiger partial charge in [-0.1, -0.05) is 24.3 Å². The van der Waals surface area contributed by atoms with E-state index >= 15 is 0 Å². The highest BCUT2D eigenvalue weighted by Crippen LogP contribution is 2.50. The average molecular weight is 271 g/mol. The summed E-state index contributed by atoms with van der Waals surface area (Å²) < 4.78 is 6.66. The third-order valence-electron chi connectivity index (χ3n) is 6.11. The Hall–Kier alpha value is -0.860. The molecule has 1 aliphatic heterocycles. The van der Waals surface area contributed by atoms with Gasteiger partial charge in [-0.25, -0.2) is 0 Å². The van der Waals surface area contributed by atoms with Crippen LogP contribution in [0.4, 0.5) is 0 Å². The largest absolute Gasteiger partial charge is 0.369 e. The van der Waals surface area contributed by atoms with Crippen molar-refractivity contribution >= 4 is 0 Å². The maximum Gasteiger partial charge on any atom is 0.0873 e.